The van der Waals surface area contributed by atoms with Crippen LogP contribution in [0.2, 0.25) is 0 Å². The second-order valence-electron chi connectivity index (χ2n) is 2.71. The molecule has 80 valence electrons. The lowest BCUT2D eigenvalue weighted by Crippen LogP contribution is -1.92. The summed E-state index contributed by atoms with van der Waals surface area (Å²) in [5, 5.41) is 0. The van der Waals surface area contributed by atoms with E-state index in [1.165, 1.54) is 7.11 Å². The minimum Gasteiger partial charge on any atom is -0.495 e. The van der Waals surface area contributed by atoms with Gasteiger partial charge in [-0.15, -0.1) is 11.6 Å². The number of hydrogen-bond donors (Lipinski definition) is 0. The van der Waals surface area contributed by atoms with Gasteiger partial charge in [-0.2, -0.15) is 0 Å². The molecule has 1 aromatic carbocycles. The highest BCUT2D eigenvalue weighted by atomic mass is 35.5. The molecular formula is C11H9ClF2O. The fourth-order valence-corrected chi connectivity index (χ4v) is 1.09. The molecule has 1 aromatic rings. The SMILES string of the molecule is COc1cc(F)c(F)cc1C#CCCCl. The zero-order chi connectivity index (χ0) is 11.3. The summed E-state index contributed by atoms with van der Waals surface area (Å²) in [5.41, 5.74) is 0.321. The summed E-state index contributed by atoms with van der Waals surface area (Å²) in [6.45, 7) is 0. The molecule has 0 spiro atoms. The van der Waals surface area contributed by atoms with Crippen LogP contribution in [0.5, 0.6) is 5.75 Å². The molecule has 0 amide bonds. The van der Waals surface area contributed by atoms with Crippen LogP contribution in [0.15, 0.2) is 12.1 Å². The summed E-state index contributed by atoms with van der Waals surface area (Å²) in [6, 6.07) is 1.98. The summed E-state index contributed by atoms with van der Waals surface area (Å²) >= 11 is 5.43. The van der Waals surface area contributed by atoms with Gasteiger partial charge in [0.1, 0.15) is 5.75 Å². The fraction of sp³-hybridized carbons (Fsp3) is 0.273. The van der Waals surface area contributed by atoms with Gasteiger partial charge in [-0.05, 0) is 6.07 Å². The lowest BCUT2D eigenvalue weighted by Gasteiger charge is -2.03. The summed E-state index contributed by atoms with van der Waals surface area (Å²) in [4.78, 5) is 0. The largest absolute Gasteiger partial charge is 0.495 e. The Morgan fingerprint density at radius 3 is 2.60 bits per heavy atom. The van der Waals surface area contributed by atoms with E-state index in [0.717, 1.165) is 12.1 Å². The van der Waals surface area contributed by atoms with Gasteiger partial charge >= 0.3 is 0 Å². The molecule has 0 aliphatic carbocycles. The number of alkyl halides is 1. The van der Waals surface area contributed by atoms with E-state index in [0.29, 0.717) is 17.9 Å². The monoisotopic (exact) mass is 230 g/mol. The van der Waals surface area contributed by atoms with Crippen LogP contribution in [0.4, 0.5) is 8.78 Å². The molecular weight excluding hydrogens is 222 g/mol. The van der Waals surface area contributed by atoms with Crippen LogP contribution in [-0.4, -0.2) is 13.0 Å². The molecule has 0 saturated heterocycles. The van der Waals surface area contributed by atoms with E-state index in [-0.39, 0.29) is 5.75 Å². The third kappa shape index (κ3) is 3.10. The molecule has 1 rings (SSSR count). The van der Waals surface area contributed by atoms with Gasteiger partial charge in [0.25, 0.3) is 0 Å². The van der Waals surface area contributed by atoms with E-state index >= 15 is 0 Å². The van der Waals surface area contributed by atoms with Crippen molar-refractivity contribution in [3.05, 3.63) is 29.3 Å². The lowest BCUT2D eigenvalue weighted by molar-refractivity contribution is 0.405. The first-order valence-electron chi connectivity index (χ1n) is 4.27. The van der Waals surface area contributed by atoms with Crippen molar-refractivity contribution in [2.75, 3.05) is 13.0 Å². The second kappa shape index (κ2) is 5.57. The average Bonchev–Trinajstić information content (AvgIpc) is 2.23. The Morgan fingerprint density at radius 1 is 1.33 bits per heavy atom. The maximum atomic E-state index is 12.9. The zero-order valence-corrected chi connectivity index (χ0v) is 8.87. The van der Waals surface area contributed by atoms with E-state index in [2.05, 4.69) is 11.8 Å². The fourth-order valence-electron chi connectivity index (χ4n) is 1.00. The van der Waals surface area contributed by atoms with Crippen molar-refractivity contribution in [3.8, 4) is 17.6 Å². The summed E-state index contributed by atoms with van der Waals surface area (Å²) in [6.07, 6.45) is 0.490. The molecule has 0 fully saturated rings. The lowest BCUT2D eigenvalue weighted by atomic mass is 10.2. The number of benzene rings is 1. The summed E-state index contributed by atoms with van der Waals surface area (Å²) < 4.78 is 30.6. The maximum Gasteiger partial charge on any atom is 0.162 e. The van der Waals surface area contributed by atoms with Gasteiger partial charge in [0.15, 0.2) is 11.6 Å². The molecule has 0 aliphatic rings. The van der Waals surface area contributed by atoms with E-state index in [9.17, 15) is 8.78 Å². The van der Waals surface area contributed by atoms with Crippen molar-refractivity contribution in [1.29, 1.82) is 0 Å². The Kier molecular flexibility index (Phi) is 4.38. The Bertz CT molecular complexity index is 407. The maximum absolute atomic E-state index is 12.9. The van der Waals surface area contributed by atoms with E-state index in [1.54, 1.807) is 0 Å². The summed E-state index contributed by atoms with van der Waals surface area (Å²) in [7, 11) is 1.37. The zero-order valence-electron chi connectivity index (χ0n) is 8.11. The van der Waals surface area contributed by atoms with Crippen molar-refractivity contribution in [1.82, 2.24) is 0 Å². The third-order valence-electron chi connectivity index (χ3n) is 1.68. The van der Waals surface area contributed by atoms with Crippen LogP contribution in [0.1, 0.15) is 12.0 Å². The Balaban J connectivity index is 3.06. The first kappa shape index (κ1) is 11.8. The molecule has 0 atom stereocenters. The molecule has 0 bridgehead atoms. The highest BCUT2D eigenvalue weighted by Gasteiger charge is 2.08. The van der Waals surface area contributed by atoms with Gasteiger partial charge in [0.2, 0.25) is 0 Å². The minimum atomic E-state index is -0.949. The number of halogens is 3. The number of rotatable bonds is 2. The molecule has 1 nitrogen and oxygen atoms in total. The van der Waals surface area contributed by atoms with Crippen molar-refractivity contribution in [2.45, 2.75) is 6.42 Å². The number of ether oxygens (including phenoxy) is 1. The van der Waals surface area contributed by atoms with Gasteiger partial charge in [0.05, 0.1) is 12.7 Å². The van der Waals surface area contributed by atoms with Crippen molar-refractivity contribution >= 4 is 11.6 Å². The molecule has 4 heteroatoms. The van der Waals surface area contributed by atoms with Crippen LogP contribution in [0.3, 0.4) is 0 Å². The smallest absolute Gasteiger partial charge is 0.162 e. The van der Waals surface area contributed by atoms with Gasteiger partial charge in [0, 0.05) is 18.4 Å². The standard InChI is InChI=1S/C11H9ClF2O/c1-15-11-7-10(14)9(13)6-8(11)4-2-3-5-12/h6-7H,3,5H2,1H3. The van der Waals surface area contributed by atoms with E-state index < -0.39 is 11.6 Å². The van der Waals surface area contributed by atoms with E-state index in [4.69, 9.17) is 16.3 Å². The molecule has 0 heterocycles. The molecule has 0 aromatic heterocycles. The van der Waals surface area contributed by atoms with Crippen LogP contribution in [-0.2, 0) is 0 Å². The van der Waals surface area contributed by atoms with Gasteiger partial charge < -0.3 is 4.74 Å². The molecule has 0 aliphatic heterocycles. The Hall–Kier alpha value is -1.27. The van der Waals surface area contributed by atoms with Gasteiger partial charge in [-0.25, -0.2) is 8.78 Å². The van der Waals surface area contributed by atoms with Crippen LogP contribution >= 0.6 is 11.6 Å². The molecule has 0 unspecified atom stereocenters. The molecule has 0 radical (unpaired) electrons. The van der Waals surface area contributed by atoms with Crippen LogP contribution in [0, 0.1) is 23.5 Å². The third-order valence-corrected chi connectivity index (χ3v) is 1.87. The summed E-state index contributed by atoms with van der Waals surface area (Å²) in [5.74, 6) is 4.12. The second-order valence-corrected chi connectivity index (χ2v) is 3.09. The average molecular weight is 231 g/mol. The quantitative estimate of drug-likeness (QED) is 0.561. The number of methoxy groups -OCH3 is 1. The number of hydrogen-bond acceptors (Lipinski definition) is 1. The Morgan fingerprint density at radius 2 is 2.00 bits per heavy atom. The first-order chi connectivity index (χ1) is 7.19. The van der Waals surface area contributed by atoms with Gasteiger partial charge in [-0.3, -0.25) is 0 Å². The Labute approximate surface area is 92.0 Å². The van der Waals surface area contributed by atoms with Crippen molar-refractivity contribution < 1.29 is 13.5 Å². The predicted molar refractivity (Wildman–Crippen MR) is 55.1 cm³/mol. The highest BCUT2D eigenvalue weighted by molar-refractivity contribution is 6.18. The topological polar surface area (TPSA) is 9.23 Å². The van der Waals surface area contributed by atoms with Crippen molar-refractivity contribution in [3.63, 3.8) is 0 Å². The highest BCUT2D eigenvalue weighted by Crippen LogP contribution is 2.21. The van der Waals surface area contributed by atoms with Crippen molar-refractivity contribution in [2.24, 2.45) is 0 Å². The van der Waals surface area contributed by atoms with Crippen LogP contribution < -0.4 is 4.74 Å². The van der Waals surface area contributed by atoms with E-state index in [1.807, 2.05) is 0 Å². The first-order valence-corrected chi connectivity index (χ1v) is 4.80. The van der Waals surface area contributed by atoms with Gasteiger partial charge in [-0.1, -0.05) is 11.8 Å². The minimum absolute atomic E-state index is 0.218. The molecule has 0 saturated carbocycles. The normalized spacial score (nSPS) is 9.33. The molecule has 15 heavy (non-hydrogen) atoms. The van der Waals surface area contributed by atoms with Crippen LogP contribution in [0.25, 0.3) is 0 Å². The molecule has 0 N–H and O–H groups in total. The predicted octanol–water partition coefficient (Wildman–Crippen LogP) is 2.95.